The Hall–Kier alpha value is -2.08. The summed E-state index contributed by atoms with van der Waals surface area (Å²) in [5.74, 6) is -0.257. The van der Waals surface area contributed by atoms with Gasteiger partial charge in [0, 0.05) is 38.9 Å². The molecule has 3 amide bonds. The molecule has 6 nitrogen and oxygen atoms in total. The predicted molar refractivity (Wildman–Crippen MR) is 86.9 cm³/mol. The standard InChI is InChI=1S/C16H24N4O2/c1-13(15(21)18-16(22)17-2)19-9-6-10-20(12-11-19)14-7-4-3-5-8-14/h3-5,7-8,13H,6,9-12H2,1-2H3,(H2,17,18,21,22)/t13-/m0/s1. The molecule has 1 saturated heterocycles. The van der Waals surface area contributed by atoms with Gasteiger partial charge in [-0.2, -0.15) is 0 Å². The molecule has 6 heteroatoms. The molecule has 1 aliphatic heterocycles. The van der Waals surface area contributed by atoms with E-state index in [0.717, 1.165) is 32.6 Å². The molecule has 22 heavy (non-hydrogen) atoms. The van der Waals surface area contributed by atoms with Crippen LogP contribution in [0.5, 0.6) is 0 Å². The number of carbonyl (C=O) groups excluding carboxylic acids is 2. The molecule has 1 aromatic carbocycles. The number of hydrogen-bond donors (Lipinski definition) is 2. The molecule has 1 aromatic rings. The van der Waals surface area contributed by atoms with Crippen LogP contribution in [0.25, 0.3) is 0 Å². The van der Waals surface area contributed by atoms with Crippen molar-refractivity contribution in [1.82, 2.24) is 15.5 Å². The van der Waals surface area contributed by atoms with Crippen molar-refractivity contribution in [2.75, 3.05) is 38.1 Å². The summed E-state index contributed by atoms with van der Waals surface area (Å²) in [6.07, 6.45) is 0.993. The van der Waals surface area contributed by atoms with Gasteiger partial charge in [-0.3, -0.25) is 15.0 Å². The number of nitrogens with zero attached hydrogens (tertiary/aromatic N) is 2. The second-order valence-corrected chi connectivity index (χ2v) is 5.46. The maximum absolute atomic E-state index is 12.0. The Labute approximate surface area is 131 Å². The van der Waals surface area contributed by atoms with E-state index in [9.17, 15) is 9.59 Å². The first-order chi connectivity index (χ1) is 10.6. The SMILES string of the molecule is CNC(=O)NC(=O)[C@H](C)N1CCCN(c2ccccc2)CC1. The van der Waals surface area contributed by atoms with Crippen molar-refractivity contribution in [2.24, 2.45) is 0 Å². The molecule has 0 spiro atoms. The van der Waals surface area contributed by atoms with Gasteiger partial charge in [0.2, 0.25) is 5.91 Å². The summed E-state index contributed by atoms with van der Waals surface area (Å²) in [5.41, 5.74) is 1.21. The van der Waals surface area contributed by atoms with Crippen LogP contribution in [0.1, 0.15) is 13.3 Å². The lowest BCUT2D eigenvalue weighted by molar-refractivity contribution is -0.124. The van der Waals surface area contributed by atoms with E-state index in [4.69, 9.17) is 0 Å². The number of anilines is 1. The van der Waals surface area contributed by atoms with Crippen LogP contribution in [0.3, 0.4) is 0 Å². The molecule has 120 valence electrons. The highest BCUT2D eigenvalue weighted by atomic mass is 16.2. The van der Waals surface area contributed by atoms with E-state index in [2.05, 4.69) is 32.6 Å². The molecule has 1 heterocycles. The minimum absolute atomic E-state index is 0.257. The lowest BCUT2D eigenvalue weighted by Crippen LogP contribution is -2.49. The van der Waals surface area contributed by atoms with Crippen molar-refractivity contribution in [2.45, 2.75) is 19.4 Å². The van der Waals surface area contributed by atoms with Gasteiger partial charge in [0.25, 0.3) is 0 Å². The molecule has 2 N–H and O–H groups in total. The van der Waals surface area contributed by atoms with Gasteiger partial charge in [0.1, 0.15) is 0 Å². The van der Waals surface area contributed by atoms with Gasteiger partial charge in [-0.05, 0) is 25.5 Å². The van der Waals surface area contributed by atoms with Crippen LogP contribution in [0.2, 0.25) is 0 Å². The van der Waals surface area contributed by atoms with Crippen molar-refractivity contribution >= 4 is 17.6 Å². The first-order valence-corrected chi connectivity index (χ1v) is 7.68. The summed E-state index contributed by atoms with van der Waals surface area (Å²) >= 11 is 0. The summed E-state index contributed by atoms with van der Waals surface area (Å²) in [5, 5.41) is 4.74. The van der Waals surface area contributed by atoms with Gasteiger partial charge in [0.15, 0.2) is 0 Å². The van der Waals surface area contributed by atoms with Crippen LogP contribution in [0.4, 0.5) is 10.5 Å². The van der Waals surface area contributed by atoms with Crippen LogP contribution >= 0.6 is 0 Å². The molecule has 0 saturated carbocycles. The Balaban J connectivity index is 1.92. The second-order valence-electron chi connectivity index (χ2n) is 5.46. The third-order valence-electron chi connectivity index (χ3n) is 4.04. The number of imide groups is 1. The number of hydrogen-bond acceptors (Lipinski definition) is 4. The molecule has 0 radical (unpaired) electrons. The monoisotopic (exact) mass is 304 g/mol. The Morgan fingerprint density at radius 2 is 1.82 bits per heavy atom. The Bertz CT molecular complexity index is 506. The fraction of sp³-hybridized carbons (Fsp3) is 0.500. The van der Waals surface area contributed by atoms with E-state index in [0.29, 0.717) is 0 Å². The van der Waals surface area contributed by atoms with Crippen molar-refractivity contribution in [3.63, 3.8) is 0 Å². The quantitative estimate of drug-likeness (QED) is 0.876. The van der Waals surface area contributed by atoms with E-state index >= 15 is 0 Å². The molecule has 1 atom stereocenters. The van der Waals surface area contributed by atoms with E-state index in [1.165, 1.54) is 12.7 Å². The first kappa shape index (κ1) is 16.3. The number of para-hydroxylation sites is 1. The van der Waals surface area contributed by atoms with Crippen LogP contribution in [-0.2, 0) is 4.79 Å². The fourth-order valence-corrected chi connectivity index (χ4v) is 2.67. The third kappa shape index (κ3) is 4.21. The largest absolute Gasteiger partial charge is 0.370 e. The molecule has 0 aromatic heterocycles. The average molecular weight is 304 g/mol. The number of carbonyl (C=O) groups is 2. The zero-order chi connectivity index (χ0) is 15.9. The van der Waals surface area contributed by atoms with Gasteiger partial charge < -0.3 is 10.2 Å². The average Bonchev–Trinajstić information content (AvgIpc) is 2.80. The van der Waals surface area contributed by atoms with Crippen LogP contribution < -0.4 is 15.5 Å². The zero-order valence-corrected chi connectivity index (χ0v) is 13.2. The van der Waals surface area contributed by atoms with E-state index in [1.54, 1.807) is 0 Å². The number of amides is 3. The highest BCUT2D eigenvalue weighted by Crippen LogP contribution is 2.16. The van der Waals surface area contributed by atoms with Crippen molar-refractivity contribution < 1.29 is 9.59 Å². The number of rotatable bonds is 3. The summed E-state index contributed by atoms with van der Waals surface area (Å²) in [7, 11) is 1.50. The normalized spacial score (nSPS) is 17.5. The minimum Gasteiger partial charge on any atom is -0.370 e. The van der Waals surface area contributed by atoms with Crippen LogP contribution in [-0.4, -0.2) is 56.1 Å². The fourth-order valence-electron chi connectivity index (χ4n) is 2.67. The molecule has 1 aliphatic rings. The Kier molecular flexibility index (Phi) is 5.77. The van der Waals surface area contributed by atoms with Crippen LogP contribution in [0, 0.1) is 0 Å². The topological polar surface area (TPSA) is 64.7 Å². The lowest BCUT2D eigenvalue weighted by atomic mass is 10.2. The molecule has 0 unspecified atom stereocenters. The smallest absolute Gasteiger partial charge is 0.321 e. The molecular formula is C16H24N4O2. The highest BCUT2D eigenvalue weighted by Gasteiger charge is 2.24. The summed E-state index contributed by atoms with van der Waals surface area (Å²) in [6.45, 7) is 5.35. The predicted octanol–water partition coefficient (Wildman–Crippen LogP) is 1.04. The van der Waals surface area contributed by atoms with Crippen LogP contribution in [0.15, 0.2) is 30.3 Å². The second kappa shape index (κ2) is 7.79. The third-order valence-corrected chi connectivity index (χ3v) is 4.04. The highest BCUT2D eigenvalue weighted by molar-refractivity contribution is 5.96. The first-order valence-electron chi connectivity index (χ1n) is 7.68. The molecule has 2 rings (SSSR count). The maximum Gasteiger partial charge on any atom is 0.321 e. The van der Waals surface area contributed by atoms with Crippen molar-refractivity contribution in [3.8, 4) is 0 Å². The Morgan fingerprint density at radius 3 is 2.50 bits per heavy atom. The van der Waals surface area contributed by atoms with Gasteiger partial charge in [-0.25, -0.2) is 4.79 Å². The lowest BCUT2D eigenvalue weighted by Gasteiger charge is -2.27. The molecule has 0 aliphatic carbocycles. The molecule has 1 fully saturated rings. The molecular weight excluding hydrogens is 280 g/mol. The number of benzene rings is 1. The van der Waals surface area contributed by atoms with Crippen molar-refractivity contribution in [1.29, 1.82) is 0 Å². The maximum atomic E-state index is 12.0. The van der Waals surface area contributed by atoms with Gasteiger partial charge in [0.05, 0.1) is 6.04 Å². The molecule has 0 bridgehead atoms. The van der Waals surface area contributed by atoms with Gasteiger partial charge in [-0.15, -0.1) is 0 Å². The summed E-state index contributed by atoms with van der Waals surface area (Å²) in [4.78, 5) is 27.8. The Morgan fingerprint density at radius 1 is 1.09 bits per heavy atom. The number of urea groups is 1. The van der Waals surface area contributed by atoms with Gasteiger partial charge >= 0.3 is 6.03 Å². The zero-order valence-electron chi connectivity index (χ0n) is 13.2. The van der Waals surface area contributed by atoms with E-state index < -0.39 is 6.03 Å². The van der Waals surface area contributed by atoms with Gasteiger partial charge in [-0.1, -0.05) is 18.2 Å². The van der Waals surface area contributed by atoms with E-state index in [1.807, 2.05) is 25.1 Å². The van der Waals surface area contributed by atoms with E-state index in [-0.39, 0.29) is 11.9 Å². The summed E-state index contributed by atoms with van der Waals surface area (Å²) < 4.78 is 0. The number of nitrogens with one attached hydrogen (secondary N) is 2. The van der Waals surface area contributed by atoms with Crippen molar-refractivity contribution in [3.05, 3.63) is 30.3 Å². The summed E-state index contributed by atoms with van der Waals surface area (Å²) in [6, 6.07) is 9.54. The minimum atomic E-state index is -0.461.